The first-order valence-electron chi connectivity index (χ1n) is 8.88. The molecule has 0 radical (unpaired) electrons. The van der Waals surface area contributed by atoms with Crippen LogP contribution in [0.15, 0.2) is 59.7 Å². The molecule has 2 unspecified atom stereocenters. The number of ether oxygens (including phenoxy) is 1. The normalized spacial score (nSPS) is 20.4. The average Bonchev–Trinajstić information content (AvgIpc) is 3.14. The number of aromatic nitrogens is 1. The van der Waals surface area contributed by atoms with Crippen LogP contribution in [0.1, 0.15) is 23.8 Å². The van der Waals surface area contributed by atoms with Crippen molar-refractivity contribution in [1.29, 1.82) is 0 Å². The molecule has 1 aromatic heterocycles. The Morgan fingerprint density at radius 1 is 1.16 bits per heavy atom. The zero-order valence-electron chi connectivity index (χ0n) is 14.7. The van der Waals surface area contributed by atoms with Crippen LogP contribution in [0.25, 0.3) is 0 Å². The van der Waals surface area contributed by atoms with Crippen molar-refractivity contribution < 1.29 is 4.74 Å². The first-order chi connectivity index (χ1) is 12.4. The van der Waals surface area contributed by atoms with Gasteiger partial charge in [-0.1, -0.05) is 36.4 Å². The molecule has 0 saturated carbocycles. The second kappa shape index (κ2) is 9.18. The molecule has 1 saturated heterocycles. The summed E-state index contributed by atoms with van der Waals surface area (Å²) in [5.74, 6) is 1.28. The summed E-state index contributed by atoms with van der Waals surface area (Å²) >= 11 is 0. The highest BCUT2D eigenvalue weighted by atomic mass is 16.5. The van der Waals surface area contributed by atoms with Crippen LogP contribution in [0.2, 0.25) is 0 Å². The Morgan fingerprint density at radius 3 is 2.76 bits per heavy atom. The van der Waals surface area contributed by atoms with E-state index in [-0.39, 0.29) is 6.10 Å². The second-order valence-electron chi connectivity index (χ2n) is 6.20. The van der Waals surface area contributed by atoms with Gasteiger partial charge in [0.25, 0.3) is 0 Å². The maximum atomic E-state index is 5.95. The number of rotatable bonds is 6. The van der Waals surface area contributed by atoms with Crippen LogP contribution in [-0.2, 0) is 11.2 Å². The smallest absolute Gasteiger partial charge is 0.191 e. The molecule has 132 valence electrons. The maximum Gasteiger partial charge on any atom is 0.191 e. The van der Waals surface area contributed by atoms with E-state index in [1.54, 1.807) is 7.05 Å². The molecule has 2 heterocycles. The largest absolute Gasteiger partial charge is 0.373 e. The van der Waals surface area contributed by atoms with Crippen LogP contribution >= 0.6 is 0 Å². The zero-order valence-corrected chi connectivity index (χ0v) is 14.7. The summed E-state index contributed by atoms with van der Waals surface area (Å²) in [6, 6.07) is 16.5. The number of guanidine groups is 1. The molecule has 2 N–H and O–H groups in total. The van der Waals surface area contributed by atoms with Crippen molar-refractivity contribution in [3.05, 3.63) is 66.0 Å². The van der Waals surface area contributed by atoms with Crippen molar-refractivity contribution in [3.63, 3.8) is 0 Å². The maximum absolute atomic E-state index is 5.95. The van der Waals surface area contributed by atoms with Gasteiger partial charge in [0.1, 0.15) is 0 Å². The van der Waals surface area contributed by atoms with E-state index >= 15 is 0 Å². The fraction of sp³-hybridized carbons (Fsp3) is 0.400. The lowest BCUT2D eigenvalue weighted by Gasteiger charge is -2.20. The van der Waals surface area contributed by atoms with Gasteiger partial charge < -0.3 is 15.4 Å². The van der Waals surface area contributed by atoms with E-state index in [4.69, 9.17) is 4.74 Å². The Morgan fingerprint density at radius 2 is 2.00 bits per heavy atom. The number of nitrogens with zero attached hydrogens (tertiary/aromatic N) is 2. The molecule has 0 spiro atoms. The lowest BCUT2D eigenvalue weighted by atomic mass is 9.95. The first-order valence-corrected chi connectivity index (χ1v) is 8.88. The molecule has 0 amide bonds. The third-order valence-corrected chi connectivity index (χ3v) is 4.50. The van der Waals surface area contributed by atoms with Crippen LogP contribution in [0.5, 0.6) is 0 Å². The summed E-state index contributed by atoms with van der Waals surface area (Å²) in [7, 11) is 1.80. The molecule has 3 rings (SSSR count). The van der Waals surface area contributed by atoms with Gasteiger partial charge in [0.05, 0.1) is 6.10 Å². The Labute approximate surface area is 149 Å². The molecule has 25 heavy (non-hydrogen) atoms. The minimum atomic E-state index is 0.167. The summed E-state index contributed by atoms with van der Waals surface area (Å²) in [5.41, 5.74) is 2.34. The number of aliphatic imine (C=N–C) groups is 1. The van der Waals surface area contributed by atoms with E-state index < -0.39 is 0 Å². The number of hydrogen-bond donors (Lipinski definition) is 2. The standard InChI is InChI=1S/C20H26N4O/c1-21-20(23-13-10-18-9-5-6-12-22-18)24-15-17-11-14-25-19(17)16-7-3-2-4-8-16/h2-9,12,17,19H,10-11,13-15H2,1H3,(H2,21,23,24). The van der Waals surface area contributed by atoms with Crippen molar-refractivity contribution in [2.45, 2.75) is 18.9 Å². The molecule has 5 nitrogen and oxygen atoms in total. The minimum Gasteiger partial charge on any atom is -0.373 e. The molecule has 1 fully saturated rings. The van der Waals surface area contributed by atoms with Crippen molar-refractivity contribution in [3.8, 4) is 0 Å². The third-order valence-electron chi connectivity index (χ3n) is 4.50. The van der Waals surface area contributed by atoms with Crippen LogP contribution in [0, 0.1) is 5.92 Å². The van der Waals surface area contributed by atoms with E-state index in [9.17, 15) is 0 Å². The molecule has 0 aliphatic carbocycles. The predicted molar refractivity (Wildman–Crippen MR) is 101 cm³/mol. The Hall–Kier alpha value is -2.40. The quantitative estimate of drug-likeness (QED) is 0.628. The average molecular weight is 338 g/mol. The number of hydrogen-bond acceptors (Lipinski definition) is 3. The van der Waals surface area contributed by atoms with Crippen LogP contribution in [0.3, 0.4) is 0 Å². The zero-order chi connectivity index (χ0) is 17.3. The van der Waals surface area contributed by atoms with Crippen LogP contribution < -0.4 is 10.6 Å². The molecule has 0 bridgehead atoms. The van der Waals surface area contributed by atoms with E-state index in [1.165, 1.54) is 5.56 Å². The van der Waals surface area contributed by atoms with Crippen molar-refractivity contribution in [2.24, 2.45) is 10.9 Å². The highest BCUT2D eigenvalue weighted by Crippen LogP contribution is 2.33. The molecular weight excluding hydrogens is 312 g/mol. The van der Waals surface area contributed by atoms with Crippen LogP contribution in [0.4, 0.5) is 0 Å². The highest BCUT2D eigenvalue weighted by molar-refractivity contribution is 5.79. The molecule has 1 aromatic carbocycles. The molecule has 2 aromatic rings. The van der Waals surface area contributed by atoms with E-state index in [0.29, 0.717) is 5.92 Å². The van der Waals surface area contributed by atoms with Gasteiger partial charge in [-0.25, -0.2) is 0 Å². The summed E-state index contributed by atoms with van der Waals surface area (Å²) in [6.07, 6.45) is 3.94. The predicted octanol–water partition coefficient (Wildman–Crippen LogP) is 2.57. The van der Waals surface area contributed by atoms with Crippen molar-refractivity contribution in [2.75, 3.05) is 26.7 Å². The molecule has 5 heteroatoms. The van der Waals surface area contributed by atoms with Crippen LogP contribution in [-0.4, -0.2) is 37.7 Å². The highest BCUT2D eigenvalue weighted by Gasteiger charge is 2.29. The van der Waals surface area contributed by atoms with Gasteiger partial charge in [0.2, 0.25) is 0 Å². The first kappa shape index (κ1) is 17.4. The van der Waals surface area contributed by atoms with E-state index in [0.717, 1.165) is 44.2 Å². The fourth-order valence-corrected chi connectivity index (χ4v) is 3.16. The third kappa shape index (κ3) is 5.03. The van der Waals surface area contributed by atoms with Gasteiger partial charge in [-0.15, -0.1) is 0 Å². The Balaban J connectivity index is 1.46. The SMILES string of the molecule is CN=C(NCCc1ccccn1)NCC1CCOC1c1ccccc1. The lowest BCUT2D eigenvalue weighted by molar-refractivity contribution is 0.0915. The fourth-order valence-electron chi connectivity index (χ4n) is 3.16. The minimum absolute atomic E-state index is 0.167. The Kier molecular flexibility index (Phi) is 6.40. The molecule has 1 aliphatic heterocycles. The van der Waals surface area contributed by atoms with Gasteiger partial charge in [-0.05, 0) is 24.1 Å². The summed E-state index contributed by atoms with van der Waals surface area (Å²) < 4.78 is 5.95. The van der Waals surface area contributed by atoms with Gasteiger partial charge >= 0.3 is 0 Å². The van der Waals surface area contributed by atoms with E-state index in [2.05, 4.69) is 44.9 Å². The second-order valence-corrected chi connectivity index (χ2v) is 6.20. The van der Waals surface area contributed by atoms with Gasteiger partial charge in [-0.2, -0.15) is 0 Å². The van der Waals surface area contributed by atoms with Gasteiger partial charge in [0.15, 0.2) is 5.96 Å². The van der Waals surface area contributed by atoms with Gasteiger partial charge in [0, 0.05) is 51.0 Å². The topological polar surface area (TPSA) is 58.5 Å². The molecular formula is C20H26N4O. The monoisotopic (exact) mass is 338 g/mol. The summed E-state index contributed by atoms with van der Waals surface area (Å²) in [5, 5.41) is 6.79. The lowest BCUT2D eigenvalue weighted by Crippen LogP contribution is -2.41. The van der Waals surface area contributed by atoms with Crippen molar-refractivity contribution in [1.82, 2.24) is 15.6 Å². The number of nitrogens with one attached hydrogen (secondary N) is 2. The van der Waals surface area contributed by atoms with E-state index in [1.807, 2.05) is 30.5 Å². The van der Waals surface area contributed by atoms with Crippen molar-refractivity contribution >= 4 is 5.96 Å². The Bertz CT molecular complexity index is 660. The van der Waals surface area contributed by atoms with Gasteiger partial charge in [-0.3, -0.25) is 9.98 Å². The molecule has 2 atom stereocenters. The number of benzene rings is 1. The molecule has 1 aliphatic rings. The summed E-state index contributed by atoms with van der Waals surface area (Å²) in [6.45, 7) is 2.47. The summed E-state index contributed by atoms with van der Waals surface area (Å²) in [4.78, 5) is 8.65. The number of pyridine rings is 1.